The average Bonchev–Trinajstić information content (AvgIpc) is 3.45. The molecule has 0 spiro atoms. The predicted octanol–water partition coefficient (Wildman–Crippen LogP) is 3.76. The lowest BCUT2D eigenvalue weighted by molar-refractivity contribution is 0.168. The summed E-state index contributed by atoms with van der Waals surface area (Å²) >= 11 is 0. The number of methoxy groups -OCH3 is 2. The summed E-state index contributed by atoms with van der Waals surface area (Å²) in [4.78, 5) is 0. The van der Waals surface area contributed by atoms with Crippen LogP contribution in [0.1, 0.15) is 12.8 Å². The van der Waals surface area contributed by atoms with E-state index in [0.717, 1.165) is 30.9 Å². The van der Waals surface area contributed by atoms with Gasteiger partial charge in [-0.2, -0.15) is 0 Å². The van der Waals surface area contributed by atoms with Crippen LogP contribution >= 0.6 is 16.4 Å². The Morgan fingerprint density at radius 1 is 0.784 bits per heavy atom. The third-order valence-electron chi connectivity index (χ3n) is 5.28. The summed E-state index contributed by atoms with van der Waals surface area (Å²) in [7, 11) is 9.29. The summed E-state index contributed by atoms with van der Waals surface area (Å²) < 4.78 is 15.7. The number of benzene rings is 4. The van der Waals surface area contributed by atoms with Crippen molar-refractivity contribution < 1.29 is 14.2 Å². The van der Waals surface area contributed by atoms with Gasteiger partial charge in [0.2, 0.25) is 0 Å². The number of para-hydroxylation sites is 2. The lowest BCUT2D eigenvalue weighted by atomic mass is 9.98. The molecule has 0 aromatic heterocycles. The Balaban J connectivity index is 0.000000169. The minimum absolute atomic E-state index is 0.0463. The predicted molar refractivity (Wildman–Crippen MR) is 169 cm³/mol. The average molecular weight is 528 g/mol. The molecule has 1 fully saturated rings. The maximum absolute atomic E-state index is 5.45. The molecule has 2 radical (unpaired) electrons. The Morgan fingerprint density at radius 3 is 1.92 bits per heavy atom. The summed E-state index contributed by atoms with van der Waals surface area (Å²) in [5.74, 6) is 2.04. The number of hydrogen-bond acceptors (Lipinski definition) is 3. The van der Waals surface area contributed by atoms with Crippen molar-refractivity contribution in [3.05, 3.63) is 109 Å². The van der Waals surface area contributed by atoms with E-state index in [2.05, 4.69) is 78.9 Å². The Labute approximate surface area is 227 Å². The Kier molecular flexibility index (Phi) is 12.8. The largest absolute Gasteiger partial charge is 0.496 e. The van der Waals surface area contributed by atoms with Crippen molar-refractivity contribution in [3.8, 4) is 11.5 Å². The van der Waals surface area contributed by atoms with Crippen LogP contribution in [0, 0.1) is 0 Å². The van der Waals surface area contributed by atoms with Crippen LogP contribution in [-0.4, -0.2) is 42.2 Å². The first-order valence-electron chi connectivity index (χ1n) is 12.0. The number of ether oxygens (including phenoxy) is 3. The second kappa shape index (κ2) is 16.3. The van der Waals surface area contributed by atoms with Gasteiger partial charge in [0.25, 0.3) is 0 Å². The summed E-state index contributed by atoms with van der Waals surface area (Å²) in [6.45, 7) is 0.862. The van der Waals surface area contributed by atoms with Gasteiger partial charge in [-0.3, -0.25) is 0 Å². The monoisotopic (exact) mass is 528 g/mol. The molecule has 4 aromatic carbocycles. The first kappa shape index (κ1) is 29.0. The van der Waals surface area contributed by atoms with Gasteiger partial charge in [-0.15, -0.1) is 7.80 Å². The van der Waals surface area contributed by atoms with E-state index in [0.29, 0.717) is 16.1 Å². The fourth-order valence-corrected chi connectivity index (χ4v) is 5.77. The van der Waals surface area contributed by atoms with E-state index < -0.39 is 7.80 Å². The molecule has 0 saturated carbocycles. The third-order valence-corrected chi connectivity index (χ3v) is 7.89. The molecule has 1 heterocycles. The Bertz CT molecular complexity index is 1170. The van der Waals surface area contributed by atoms with Crippen molar-refractivity contribution >= 4 is 53.0 Å². The van der Waals surface area contributed by atoms with E-state index in [-0.39, 0.29) is 6.00 Å². The summed E-state index contributed by atoms with van der Waals surface area (Å²) in [6.07, 6.45) is 2.18. The van der Waals surface area contributed by atoms with Crippen molar-refractivity contribution in [2.24, 2.45) is 0 Å². The zero-order valence-corrected chi connectivity index (χ0v) is 22.9. The van der Waals surface area contributed by atoms with Gasteiger partial charge in [0.05, 0.1) is 24.8 Å². The first-order chi connectivity index (χ1) is 18.1. The van der Waals surface area contributed by atoms with E-state index in [4.69, 9.17) is 22.1 Å². The van der Waals surface area contributed by atoms with Gasteiger partial charge in [0, 0.05) is 17.9 Å². The quantitative estimate of drug-likeness (QED) is 0.282. The molecule has 1 saturated heterocycles. The molecule has 1 aliphatic heterocycles. The molecular weight excluding hydrogens is 492 g/mol. The molecule has 3 atom stereocenters. The van der Waals surface area contributed by atoms with Gasteiger partial charge >= 0.3 is 0 Å². The molecule has 3 nitrogen and oxygen atoms in total. The molecule has 37 heavy (non-hydrogen) atoms. The SMILES string of the molecule is COc1ccccc1Pc1ccccc1.[BH3-][PH+](c1ccccc1)c1ccccc1OC.[B]C1CCCO1. The molecular formula is C30H36B2O3P2. The van der Waals surface area contributed by atoms with Crippen molar-refractivity contribution in [1.82, 2.24) is 0 Å². The van der Waals surface area contributed by atoms with Gasteiger partial charge in [0.1, 0.15) is 21.2 Å². The van der Waals surface area contributed by atoms with Crippen LogP contribution in [0.5, 0.6) is 11.5 Å². The fraction of sp³-hybridized carbons (Fsp3) is 0.200. The molecule has 0 amide bonds. The van der Waals surface area contributed by atoms with Gasteiger partial charge in [-0.1, -0.05) is 87.4 Å². The van der Waals surface area contributed by atoms with Gasteiger partial charge in [-0.05, 0) is 48.5 Å². The van der Waals surface area contributed by atoms with Crippen LogP contribution in [0.4, 0.5) is 0 Å². The molecule has 1 aliphatic rings. The number of hydrogen-bond donors (Lipinski definition) is 0. The van der Waals surface area contributed by atoms with Crippen LogP contribution in [0.15, 0.2) is 109 Å². The molecule has 4 aromatic rings. The van der Waals surface area contributed by atoms with Crippen molar-refractivity contribution in [2.45, 2.75) is 18.8 Å². The first-order valence-corrected chi connectivity index (χ1v) is 14.0. The van der Waals surface area contributed by atoms with Crippen molar-refractivity contribution in [1.29, 1.82) is 0 Å². The maximum Gasteiger partial charge on any atom is 0.156 e. The minimum atomic E-state index is -0.462. The van der Waals surface area contributed by atoms with Gasteiger partial charge in [0.15, 0.2) is 5.75 Å². The van der Waals surface area contributed by atoms with E-state index in [9.17, 15) is 0 Å². The molecule has 5 rings (SSSR count). The topological polar surface area (TPSA) is 27.7 Å². The van der Waals surface area contributed by atoms with Crippen molar-refractivity contribution in [3.63, 3.8) is 0 Å². The fourth-order valence-electron chi connectivity index (χ4n) is 3.45. The van der Waals surface area contributed by atoms with Crippen LogP contribution in [0.2, 0.25) is 0 Å². The zero-order valence-electron chi connectivity index (χ0n) is 20.9. The maximum atomic E-state index is 5.45. The molecule has 0 bridgehead atoms. The third kappa shape index (κ3) is 9.67. The second-order valence-electron chi connectivity index (χ2n) is 7.93. The van der Waals surface area contributed by atoms with E-state index in [1.165, 1.54) is 21.2 Å². The van der Waals surface area contributed by atoms with Crippen LogP contribution in [-0.2, 0) is 4.74 Å². The van der Waals surface area contributed by atoms with Gasteiger partial charge in [-0.25, -0.2) is 0 Å². The number of rotatable bonds is 6. The van der Waals surface area contributed by atoms with E-state index in [1.807, 2.05) is 30.3 Å². The molecule has 190 valence electrons. The highest BCUT2D eigenvalue weighted by Crippen LogP contribution is 2.31. The van der Waals surface area contributed by atoms with Crippen LogP contribution in [0.25, 0.3) is 0 Å². The van der Waals surface area contributed by atoms with E-state index >= 15 is 0 Å². The highest BCUT2D eigenvalue weighted by Gasteiger charge is 2.14. The van der Waals surface area contributed by atoms with Crippen LogP contribution < -0.4 is 30.7 Å². The molecule has 0 aliphatic carbocycles. The molecule has 7 heteroatoms. The summed E-state index contributed by atoms with van der Waals surface area (Å²) in [5.41, 5.74) is 0. The second-order valence-corrected chi connectivity index (χ2v) is 10.7. The standard InChI is InChI=1S/C13H16BOP.C13H13OP.C4H7BO/c1-15-12-9-5-6-10-13(12)16(14)11-7-3-2-4-8-11;1-14-12-9-5-6-10-13(12)15-11-7-3-2-4-8-11;5-4-2-1-3-6-4/h2-10,16H,1,14H3;2-10,15H,1H3;4H,1-3H2. The highest BCUT2D eigenvalue weighted by atomic mass is 31.1. The van der Waals surface area contributed by atoms with Crippen molar-refractivity contribution in [2.75, 3.05) is 20.8 Å². The normalized spacial score (nSPS) is 15.2. The molecule has 0 N–H and O–H groups in total. The smallest absolute Gasteiger partial charge is 0.156 e. The van der Waals surface area contributed by atoms with E-state index in [1.54, 1.807) is 14.2 Å². The highest BCUT2D eigenvalue weighted by molar-refractivity contribution is 7.94. The summed E-state index contributed by atoms with van der Waals surface area (Å²) in [6, 6.07) is 38.0. The minimum Gasteiger partial charge on any atom is -0.496 e. The van der Waals surface area contributed by atoms with Crippen LogP contribution in [0.3, 0.4) is 0 Å². The lowest BCUT2D eigenvalue weighted by Crippen LogP contribution is -2.13. The lowest BCUT2D eigenvalue weighted by Gasteiger charge is -2.13. The Morgan fingerprint density at radius 2 is 1.35 bits per heavy atom. The zero-order chi connectivity index (χ0) is 26.3. The molecule has 3 unspecified atom stereocenters. The Hall–Kier alpha value is -2.57. The summed E-state index contributed by atoms with van der Waals surface area (Å²) in [5, 5.41) is 5.56. The van der Waals surface area contributed by atoms with Gasteiger partial charge < -0.3 is 14.2 Å².